The molecule has 3 heteroatoms. The Morgan fingerprint density at radius 1 is 0.750 bits per heavy atom. The van der Waals surface area contributed by atoms with Gasteiger partial charge in [-0.25, -0.2) is 13.2 Å². The van der Waals surface area contributed by atoms with E-state index >= 15 is 0 Å². The Hall–Kier alpha value is -1.77. The number of rotatable bonds is 2. The van der Waals surface area contributed by atoms with Crippen molar-refractivity contribution in [3.8, 4) is 0 Å². The van der Waals surface area contributed by atoms with Gasteiger partial charge in [0.1, 0.15) is 0 Å². The normalized spacial score (nSPS) is 10.4. The van der Waals surface area contributed by atoms with Crippen molar-refractivity contribution in [3.63, 3.8) is 0 Å². The van der Waals surface area contributed by atoms with Crippen LogP contribution >= 0.6 is 0 Å². The first-order chi connectivity index (χ1) is 7.66. The summed E-state index contributed by atoms with van der Waals surface area (Å²) in [5, 5.41) is 0. The smallest absolute Gasteiger partial charge is 0.194 e. The minimum atomic E-state index is -1.42. The zero-order valence-corrected chi connectivity index (χ0v) is 8.38. The second-order valence-electron chi connectivity index (χ2n) is 3.54. The van der Waals surface area contributed by atoms with E-state index in [0.29, 0.717) is 12.0 Å². The van der Waals surface area contributed by atoms with Crippen molar-refractivity contribution in [3.05, 3.63) is 71.0 Å². The van der Waals surface area contributed by atoms with Gasteiger partial charge in [0.15, 0.2) is 17.5 Å². The largest absolute Gasteiger partial charge is 0.204 e. The lowest BCUT2D eigenvalue weighted by atomic mass is 10.0. The maximum Gasteiger partial charge on any atom is 0.194 e. The van der Waals surface area contributed by atoms with E-state index in [-0.39, 0.29) is 0 Å². The van der Waals surface area contributed by atoms with Gasteiger partial charge < -0.3 is 0 Å². The summed E-state index contributed by atoms with van der Waals surface area (Å²) in [5.74, 6) is -3.71. The van der Waals surface area contributed by atoms with Crippen molar-refractivity contribution in [2.45, 2.75) is 6.42 Å². The van der Waals surface area contributed by atoms with Crippen LogP contribution in [0.4, 0.5) is 13.2 Å². The van der Waals surface area contributed by atoms with Gasteiger partial charge >= 0.3 is 0 Å². The minimum Gasteiger partial charge on any atom is -0.204 e. The van der Waals surface area contributed by atoms with Crippen molar-refractivity contribution in [2.24, 2.45) is 0 Å². The molecule has 0 spiro atoms. The molecule has 16 heavy (non-hydrogen) atoms. The first kappa shape index (κ1) is 10.7. The Kier molecular flexibility index (Phi) is 2.95. The van der Waals surface area contributed by atoms with E-state index < -0.39 is 17.5 Å². The summed E-state index contributed by atoms with van der Waals surface area (Å²) in [6.45, 7) is 0. The van der Waals surface area contributed by atoms with Crippen LogP contribution in [0.25, 0.3) is 0 Å². The molecule has 0 aliphatic carbocycles. The van der Waals surface area contributed by atoms with Crippen LogP contribution in [-0.4, -0.2) is 0 Å². The summed E-state index contributed by atoms with van der Waals surface area (Å²) in [5.41, 5.74) is 1.34. The lowest BCUT2D eigenvalue weighted by molar-refractivity contribution is 0.445. The van der Waals surface area contributed by atoms with E-state index in [9.17, 15) is 13.2 Å². The Labute approximate surface area is 91.4 Å². The van der Waals surface area contributed by atoms with Crippen molar-refractivity contribution in [1.82, 2.24) is 0 Å². The number of hydrogen-bond donors (Lipinski definition) is 0. The third kappa shape index (κ3) is 2.24. The van der Waals surface area contributed by atoms with Crippen LogP contribution < -0.4 is 0 Å². The van der Waals surface area contributed by atoms with Crippen LogP contribution in [0.2, 0.25) is 0 Å². The summed E-state index contributed by atoms with van der Waals surface area (Å²) < 4.78 is 38.6. The third-order valence-corrected chi connectivity index (χ3v) is 2.29. The molecule has 0 aliphatic rings. The summed E-state index contributed by atoms with van der Waals surface area (Å²) in [6, 6.07) is 11.3. The lowest BCUT2D eigenvalue weighted by Crippen LogP contribution is -1.95. The van der Waals surface area contributed by atoms with Crippen LogP contribution in [-0.2, 0) is 6.42 Å². The zero-order valence-electron chi connectivity index (χ0n) is 8.38. The molecule has 0 heterocycles. The first-order valence-corrected chi connectivity index (χ1v) is 4.84. The lowest BCUT2D eigenvalue weighted by Gasteiger charge is -2.03. The van der Waals surface area contributed by atoms with Crippen LogP contribution in [0, 0.1) is 17.5 Å². The van der Waals surface area contributed by atoms with Crippen molar-refractivity contribution >= 4 is 0 Å². The summed E-state index contributed by atoms with van der Waals surface area (Å²) in [4.78, 5) is 0. The summed E-state index contributed by atoms with van der Waals surface area (Å²) >= 11 is 0. The molecule has 0 saturated carbocycles. The number of halogens is 3. The fraction of sp³-hybridized carbons (Fsp3) is 0.0769. The molecule has 0 radical (unpaired) electrons. The average Bonchev–Trinajstić information content (AvgIpc) is 2.27. The minimum absolute atomic E-state index is 0.384. The SMILES string of the molecule is Fc1cc(Cc2ccccc2)cc(F)c1F. The molecule has 0 unspecified atom stereocenters. The fourth-order valence-electron chi connectivity index (χ4n) is 1.54. The maximum absolute atomic E-state index is 12.9. The van der Waals surface area contributed by atoms with E-state index in [2.05, 4.69) is 0 Å². The van der Waals surface area contributed by atoms with E-state index in [4.69, 9.17) is 0 Å². The molecule has 0 aliphatic heterocycles. The van der Waals surface area contributed by atoms with E-state index in [1.54, 1.807) is 0 Å². The topological polar surface area (TPSA) is 0 Å². The fourth-order valence-corrected chi connectivity index (χ4v) is 1.54. The van der Waals surface area contributed by atoms with Crippen molar-refractivity contribution in [2.75, 3.05) is 0 Å². The van der Waals surface area contributed by atoms with Gasteiger partial charge in [-0.2, -0.15) is 0 Å². The monoisotopic (exact) mass is 222 g/mol. The molecule has 2 aromatic carbocycles. The van der Waals surface area contributed by atoms with E-state index in [0.717, 1.165) is 17.7 Å². The van der Waals surface area contributed by atoms with Crippen LogP contribution in [0.5, 0.6) is 0 Å². The third-order valence-electron chi connectivity index (χ3n) is 2.29. The highest BCUT2D eigenvalue weighted by Crippen LogP contribution is 2.16. The van der Waals surface area contributed by atoms with Gasteiger partial charge in [0.05, 0.1) is 0 Å². The maximum atomic E-state index is 12.9. The van der Waals surface area contributed by atoms with Gasteiger partial charge in [0, 0.05) is 0 Å². The standard InChI is InChI=1S/C13H9F3/c14-11-7-10(8-12(15)13(11)16)6-9-4-2-1-3-5-9/h1-5,7-8H,6H2. The molecule has 2 aromatic rings. The molecular formula is C13H9F3. The molecule has 82 valence electrons. The zero-order chi connectivity index (χ0) is 11.5. The molecule has 0 nitrogen and oxygen atoms in total. The molecule has 0 aromatic heterocycles. The molecule has 0 saturated heterocycles. The summed E-state index contributed by atoms with van der Waals surface area (Å²) in [7, 11) is 0. The van der Waals surface area contributed by atoms with Crippen molar-refractivity contribution in [1.29, 1.82) is 0 Å². The number of benzene rings is 2. The Bertz CT molecular complexity index is 469. The molecule has 2 rings (SSSR count). The average molecular weight is 222 g/mol. The highest BCUT2D eigenvalue weighted by Gasteiger charge is 2.10. The van der Waals surface area contributed by atoms with Crippen molar-refractivity contribution < 1.29 is 13.2 Å². The number of hydrogen-bond acceptors (Lipinski definition) is 0. The predicted octanol–water partition coefficient (Wildman–Crippen LogP) is 3.69. The van der Waals surface area contributed by atoms with Crippen LogP contribution in [0.15, 0.2) is 42.5 Å². The van der Waals surface area contributed by atoms with E-state index in [1.165, 1.54) is 0 Å². The Balaban J connectivity index is 2.29. The van der Waals surface area contributed by atoms with Gasteiger partial charge in [-0.05, 0) is 29.7 Å². The molecule has 0 atom stereocenters. The highest BCUT2D eigenvalue weighted by molar-refractivity contribution is 5.27. The Morgan fingerprint density at radius 2 is 1.31 bits per heavy atom. The quantitative estimate of drug-likeness (QED) is 0.680. The second-order valence-corrected chi connectivity index (χ2v) is 3.54. The van der Waals surface area contributed by atoms with Crippen LogP contribution in [0.3, 0.4) is 0 Å². The Morgan fingerprint density at radius 3 is 1.88 bits per heavy atom. The highest BCUT2D eigenvalue weighted by atomic mass is 19.2. The second kappa shape index (κ2) is 4.39. The molecule has 0 bridgehead atoms. The first-order valence-electron chi connectivity index (χ1n) is 4.84. The predicted molar refractivity (Wildman–Crippen MR) is 55.6 cm³/mol. The summed E-state index contributed by atoms with van der Waals surface area (Å²) in [6.07, 6.45) is 0.384. The van der Waals surface area contributed by atoms with Gasteiger partial charge in [-0.1, -0.05) is 30.3 Å². The van der Waals surface area contributed by atoms with Crippen LogP contribution in [0.1, 0.15) is 11.1 Å². The molecule has 0 fully saturated rings. The van der Waals surface area contributed by atoms with Gasteiger partial charge in [-0.15, -0.1) is 0 Å². The molecule has 0 amide bonds. The molecular weight excluding hydrogens is 213 g/mol. The van der Waals surface area contributed by atoms with Gasteiger partial charge in [-0.3, -0.25) is 0 Å². The van der Waals surface area contributed by atoms with Gasteiger partial charge in [0.25, 0.3) is 0 Å². The van der Waals surface area contributed by atoms with Gasteiger partial charge in [0.2, 0.25) is 0 Å². The molecule has 0 N–H and O–H groups in total. The van der Waals surface area contributed by atoms with E-state index in [1.807, 2.05) is 30.3 Å².